The van der Waals surface area contributed by atoms with Crippen molar-refractivity contribution in [1.29, 1.82) is 0 Å². The lowest BCUT2D eigenvalue weighted by molar-refractivity contribution is 0.0794. The van der Waals surface area contributed by atoms with Crippen molar-refractivity contribution in [3.8, 4) is 34.7 Å². The van der Waals surface area contributed by atoms with Gasteiger partial charge in [0, 0.05) is 86.1 Å². The zero-order valence-corrected chi connectivity index (χ0v) is 31.2. The van der Waals surface area contributed by atoms with Gasteiger partial charge in [-0.15, -0.1) is 0 Å². The number of rotatable bonds is 10. The molecule has 6 aromatic rings. The maximum absolute atomic E-state index is 14.0. The highest BCUT2D eigenvalue weighted by molar-refractivity contribution is 5.54. The minimum absolute atomic E-state index is 0.0209. The lowest BCUT2D eigenvalue weighted by Gasteiger charge is -2.35. The van der Waals surface area contributed by atoms with E-state index >= 15 is 0 Å². The topological polar surface area (TPSA) is 128 Å². The van der Waals surface area contributed by atoms with Gasteiger partial charge in [-0.1, -0.05) is 12.1 Å². The van der Waals surface area contributed by atoms with Crippen molar-refractivity contribution in [2.45, 2.75) is 51.6 Å². The van der Waals surface area contributed by atoms with Crippen LogP contribution in [-0.2, 0) is 12.8 Å². The van der Waals surface area contributed by atoms with Gasteiger partial charge >= 0.3 is 0 Å². The molecule has 0 fully saturated rings. The van der Waals surface area contributed by atoms with E-state index in [0.717, 1.165) is 34.6 Å². The summed E-state index contributed by atoms with van der Waals surface area (Å²) in [6.07, 6.45) is 2.78. The van der Waals surface area contributed by atoms with Crippen molar-refractivity contribution < 1.29 is 35.8 Å². The summed E-state index contributed by atoms with van der Waals surface area (Å²) in [5.74, 6) is 0.216. The highest BCUT2D eigenvalue weighted by atomic mass is 19.3. The summed E-state index contributed by atoms with van der Waals surface area (Å²) >= 11 is 0. The van der Waals surface area contributed by atoms with Crippen molar-refractivity contribution in [2.75, 3.05) is 36.1 Å². The van der Waals surface area contributed by atoms with Gasteiger partial charge in [-0.3, -0.25) is 9.97 Å². The molecular weight excluding hydrogens is 766 g/mol. The molecule has 2 atom stereocenters. The predicted octanol–water partition coefficient (Wildman–Crippen LogP) is 7.68. The van der Waals surface area contributed by atoms with E-state index in [1.165, 1.54) is 12.1 Å². The first-order chi connectivity index (χ1) is 28.0. The molecule has 0 aromatic carbocycles. The third-order valence-electron chi connectivity index (χ3n) is 9.43. The van der Waals surface area contributed by atoms with Crippen LogP contribution in [0.2, 0.25) is 0 Å². The minimum atomic E-state index is -2.66. The Bertz CT molecular complexity index is 2170. The largest absolute Gasteiger partial charge is 0.487 e. The Morgan fingerprint density at radius 1 is 0.638 bits per heavy atom. The van der Waals surface area contributed by atoms with E-state index < -0.39 is 37.8 Å². The van der Waals surface area contributed by atoms with E-state index in [9.17, 15) is 26.3 Å². The van der Waals surface area contributed by atoms with Crippen molar-refractivity contribution in [3.05, 3.63) is 120 Å². The fraction of sp³-hybridized carbons (Fsp3) is 0.300. The molecule has 300 valence electrons. The van der Waals surface area contributed by atoms with Gasteiger partial charge in [0.2, 0.25) is 11.8 Å². The van der Waals surface area contributed by atoms with Crippen molar-refractivity contribution >= 4 is 11.6 Å². The van der Waals surface area contributed by atoms with E-state index in [2.05, 4.69) is 39.9 Å². The number of fused-ring (bicyclic) bond motifs is 2. The molecule has 2 unspecified atom stereocenters. The smallest absolute Gasteiger partial charge is 0.272 e. The molecule has 58 heavy (non-hydrogen) atoms. The SMILES string of the molecule is CC1c2cnc(-c3ccccn3)nc2CCN1c1cc(F)cc(OCC(F)F)n1.CC1c2cnc(-c3ccccn3)nc2CCN1c1cc(OCC(F)F)cc(F)n1. The number of hydrogen-bond donors (Lipinski definition) is 0. The van der Waals surface area contributed by atoms with E-state index in [4.69, 9.17) is 9.47 Å². The van der Waals surface area contributed by atoms with Gasteiger partial charge < -0.3 is 19.3 Å². The van der Waals surface area contributed by atoms with Crippen molar-refractivity contribution in [3.63, 3.8) is 0 Å². The van der Waals surface area contributed by atoms with Crippen LogP contribution in [0.25, 0.3) is 23.0 Å². The fourth-order valence-corrected chi connectivity index (χ4v) is 6.67. The fourth-order valence-electron chi connectivity index (χ4n) is 6.67. The van der Waals surface area contributed by atoms with Gasteiger partial charge in [0.25, 0.3) is 12.9 Å². The Morgan fingerprint density at radius 2 is 1.17 bits per heavy atom. The standard InChI is InChI=1S/2C20H18F3N5O/c1-12-14-10-25-20(16-4-2-3-6-24-16)26-15(14)5-7-28(12)19-9-13(8-18(23)27-19)29-11-17(21)22;1-12-14-10-25-20(16-4-2-3-6-24-16)26-15(14)5-7-28(12)18-8-13(21)9-19(27-18)29-11-17(22)23/h2*2-4,6,8-10,12,17H,5,7,11H2,1H3. The zero-order chi connectivity index (χ0) is 40.8. The van der Waals surface area contributed by atoms with E-state index in [1.807, 2.05) is 60.0 Å². The number of ether oxygens (including phenoxy) is 2. The minimum Gasteiger partial charge on any atom is -0.487 e. The maximum Gasteiger partial charge on any atom is 0.272 e. The molecule has 0 saturated heterocycles. The van der Waals surface area contributed by atoms with Gasteiger partial charge in [0.15, 0.2) is 18.3 Å². The number of aromatic nitrogens is 8. The molecule has 0 radical (unpaired) electrons. The number of alkyl halides is 4. The predicted molar refractivity (Wildman–Crippen MR) is 201 cm³/mol. The Hall–Kier alpha value is -6.46. The Labute approximate surface area is 329 Å². The summed E-state index contributed by atoms with van der Waals surface area (Å²) in [5, 5.41) is 0. The lowest BCUT2D eigenvalue weighted by Crippen LogP contribution is -2.35. The number of nitrogens with zero attached hydrogens (tertiary/aromatic N) is 10. The second-order valence-electron chi connectivity index (χ2n) is 13.2. The number of halogens is 6. The molecule has 2 aliphatic rings. The third kappa shape index (κ3) is 9.38. The van der Waals surface area contributed by atoms with Crippen LogP contribution in [0.5, 0.6) is 11.6 Å². The van der Waals surface area contributed by atoms with Crippen LogP contribution in [0.1, 0.15) is 48.4 Å². The second-order valence-corrected chi connectivity index (χ2v) is 13.2. The highest BCUT2D eigenvalue weighted by Gasteiger charge is 2.29. The third-order valence-corrected chi connectivity index (χ3v) is 9.43. The van der Waals surface area contributed by atoms with E-state index in [0.29, 0.717) is 60.6 Å². The first-order valence-electron chi connectivity index (χ1n) is 18.3. The van der Waals surface area contributed by atoms with Crippen LogP contribution in [0.3, 0.4) is 0 Å². The molecule has 12 nitrogen and oxygen atoms in total. The monoisotopic (exact) mass is 802 g/mol. The second kappa shape index (κ2) is 17.8. The van der Waals surface area contributed by atoms with Crippen LogP contribution in [0.4, 0.5) is 38.0 Å². The average Bonchev–Trinajstić information content (AvgIpc) is 3.22. The summed E-state index contributed by atoms with van der Waals surface area (Å²) < 4.78 is 87.3. The summed E-state index contributed by atoms with van der Waals surface area (Å²) in [6, 6.07) is 15.5. The van der Waals surface area contributed by atoms with Crippen LogP contribution in [-0.4, -0.2) is 79.0 Å². The van der Waals surface area contributed by atoms with E-state index in [1.54, 1.807) is 24.8 Å². The van der Waals surface area contributed by atoms with Gasteiger partial charge in [0.05, 0.1) is 23.5 Å². The van der Waals surface area contributed by atoms with Crippen molar-refractivity contribution in [2.24, 2.45) is 0 Å². The molecule has 18 heteroatoms. The average molecular weight is 803 g/mol. The first-order valence-corrected chi connectivity index (χ1v) is 18.3. The molecule has 6 aromatic heterocycles. The van der Waals surface area contributed by atoms with Gasteiger partial charge in [0.1, 0.15) is 41.2 Å². The highest BCUT2D eigenvalue weighted by Crippen LogP contribution is 2.35. The normalized spacial score (nSPS) is 16.0. The molecule has 2 aliphatic heterocycles. The van der Waals surface area contributed by atoms with Gasteiger partial charge in [-0.2, -0.15) is 9.37 Å². The molecule has 0 N–H and O–H groups in total. The van der Waals surface area contributed by atoms with Crippen molar-refractivity contribution in [1.82, 2.24) is 39.9 Å². The Kier molecular flexibility index (Phi) is 12.2. The maximum atomic E-state index is 14.0. The summed E-state index contributed by atoms with van der Waals surface area (Å²) in [5.41, 5.74) is 4.98. The number of anilines is 2. The molecule has 0 aliphatic carbocycles. The molecule has 0 spiro atoms. The van der Waals surface area contributed by atoms with Gasteiger partial charge in [-0.25, -0.2) is 46.9 Å². The van der Waals surface area contributed by atoms with E-state index in [-0.39, 0.29) is 23.7 Å². The molecular formula is C40H36F6N10O2. The summed E-state index contributed by atoms with van der Waals surface area (Å²) in [4.78, 5) is 38.5. The van der Waals surface area contributed by atoms with Crippen LogP contribution in [0, 0.1) is 11.8 Å². The summed E-state index contributed by atoms with van der Waals surface area (Å²) in [7, 11) is 0. The zero-order valence-electron chi connectivity index (χ0n) is 31.2. The first kappa shape index (κ1) is 39.8. The molecule has 8 rings (SSSR count). The quantitative estimate of drug-likeness (QED) is 0.0996. The summed E-state index contributed by atoms with van der Waals surface area (Å²) in [6.45, 7) is 3.32. The molecule has 0 amide bonds. The molecule has 0 saturated carbocycles. The molecule has 8 heterocycles. The van der Waals surface area contributed by atoms with Crippen LogP contribution >= 0.6 is 0 Å². The Balaban J connectivity index is 0.000000177. The number of pyridine rings is 4. The number of hydrogen-bond acceptors (Lipinski definition) is 12. The lowest BCUT2D eigenvalue weighted by atomic mass is 9.99. The van der Waals surface area contributed by atoms with Crippen LogP contribution < -0.4 is 19.3 Å². The van der Waals surface area contributed by atoms with Crippen LogP contribution in [0.15, 0.2) is 85.5 Å². The van der Waals surface area contributed by atoms with Gasteiger partial charge in [-0.05, 0) is 38.1 Å². The Morgan fingerprint density at radius 3 is 1.69 bits per heavy atom. The molecule has 0 bridgehead atoms.